The van der Waals surface area contributed by atoms with Crippen molar-refractivity contribution in [1.29, 1.82) is 0 Å². The Kier molecular flexibility index (Phi) is 4.39. The number of morpholine rings is 1. The number of nitrogens with zero attached hydrogens (tertiary/aromatic N) is 2. The Bertz CT molecular complexity index is 590. The molecule has 3 rings (SSSR count). The maximum absolute atomic E-state index is 12.4. The second kappa shape index (κ2) is 6.31. The summed E-state index contributed by atoms with van der Waals surface area (Å²) in [6.45, 7) is 6.07. The zero-order valence-corrected chi connectivity index (χ0v) is 13.8. The molecule has 0 bridgehead atoms. The predicted molar refractivity (Wildman–Crippen MR) is 83.9 cm³/mol. The molecule has 1 aromatic heterocycles. The Morgan fingerprint density at radius 3 is 2.65 bits per heavy atom. The first-order valence-electron chi connectivity index (χ1n) is 8.18. The van der Waals surface area contributed by atoms with Crippen LogP contribution in [0.3, 0.4) is 0 Å². The van der Waals surface area contributed by atoms with Gasteiger partial charge in [-0.25, -0.2) is 0 Å². The zero-order valence-electron chi connectivity index (χ0n) is 13.8. The lowest BCUT2D eigenvalue weighted by molar-refractivity contribution is -0.154. The molecule has 1 aromatic rings. The number of nitrogens with one attached hydrogen (secondary N) is 2. The van der Waals surface area contributed by atoms with Crippen LogP contribution in [-0.4, -0.2) is 58.8 Å². The standard InChI is InChI=1S/C16H24N4O3/c1-11-12(2)18-19-13(11)3-4-15(22)20-7-5-16(6-8-20)10-17-14(21)9-23-16/h3-10H2,1-2H3,(H,17,21)(H,18,19). The minimum absolute atomic E-state index is 0.0567. The first kappa shape index (κ1) is 16.0. The van der Waals surface area contributed by atoms with Crippen LogP contribution in [0.1, 0.15) is 36.2 Å². The predicted octanol–water partition coefficient (Wildman–Crippen LogP) is 0.467. The lowest BCUT2D eigenvalue weighted by Gasteiger charge is -2.43. The highest BCUT2D eigenvalue weighted by Crippen LogP contribution is 2.28. The van der Waals surface area contributed by atoms with Gasteiger partial charge in [0.05, 0.1) is 11.3 Å². The normalized spacial score (nSPS) is 20.6. The van der Waals surface area contributed by atoms with E-state index in [1.807, 2.05) is 18.7 Å². The number of H-pyrrole nitrogens is 1. The fourth-order valence-corrected chi connectivity index (χ4v) is 3.23. The molecule has 2 aliphatic heterocycles. The van der Waals surface area contributed by atoms with Gasteiger partial charge in [-0.05, 0) is 32.3 Å². The van der Waals surface area contributed by atoms with Crippen molar-refractivity contribution in [2.45, 2.75) is 45.1 Å². The number of hydrogen-bond donors (Lipinski definition) is 2. The van der Waals surface area contributed by atoms with Crippen LogP contribution in [0.2, 0.25) is 0 Å². The average Bonchev–Trinajstić information content (AvgIpc) is 2.88. The van der Waals surface area contributed by atoms with Gasteiger partial charge >= 0.3 is 0 Å². The zero-order chi connectivity index (χ0) is 16.4. The Labute approximate surface area is 135 Å². The number of carbonyl (C=O) groups excluding carboxylic acids is 2. The second-order valence-electron chi connectivity index (χ2n) is 6.55. The van der Waals surface area contributed by atoms with Crippen LogP contribution >= 0.6 is 0 Å². The summed E-state index contributed by atoms with van der Waals surface area (Å²) in [7, 11) is 0. The molecule has 23 heavy (non-hydrogen) atoms. The molecule has 0 aliphatic carbocycles. The fraction of sp³-hybridized carbons (Fsp3) is 0.688. The van der Waals surface area contributed by atoms with Crippen molar-refractivity contribution in [1.82, 2.24) is 20.4 Å². The summed E-state index contributed by atoms with van der Waals surface area (Å²) in [5.74, 6) is 0.110. The van der Waals surface area contributed by atoms with Crippen molar-refractivity contribution in [3.8, 4) is 0 Å². The Balaban J connectivity index is 1.48. The van der Waals surface area contributed by atoms with E-state index < -0.39 is 0 Å². The highest BCUT2D eigenvalue weighted by molar-refractivity contribution is 5.78. The molecule has 7 heteroatoms. The molecule has 1 spiro atoms. The third kappa shape index (κ3) is 3.39. The quantitative estimate of drug-likeness (QED) is 0.847. The number of amides is 2. The summed E-state index contributed by atoms with van der Waals surface area (Å²) >= 11 is 0. The van der Waals surface area contributed by atoms with Gasteiger partial charge in [-0.2, -0.15) is 5.10 Å². The molecule has 2 fully saturated rings. The topological polar surface area (TPSA) is 87.3 Å². The molecule has 0 atom stereocenters. The number of aromatic nitrogens is 2. The number of likely N-dealkylation sites (tertiary alicyclic amines) is 1. The fourth-order valence-electron chi connectivity index (χ4n) is 3.23. The van der Waals surface area contributed by atoms with Crippen molar-refractivity contribution in [3.05, 3.63) is 17.0 Å². The van der Waals surface area contributed by atoms with E-state index >= 15 is 0 Å². The SMILES string of the molecule is Cc1[nH]nc(CCC(=O)N2CCC3(CC2)CNC(=O)CO3)c1C. The van der Waals surface area contributed by atoms with Gasteiger partial charge in [-0.15, -0.1) is 0 Å². The van der Waals surface area contributed by atoms with Crippen LogP contribution in [0, 0.1) is 13.8 Å². The largest absolute Gasteiger partial charge is 0.363 e. The number of ether oxygens (including phenoxy) is 1. The summed E-state index contributed by atoms with van der Waals surface area (Å²) in [6.07, 6.45) is 2.71. The van der Waals surface area contributed by atoms with E-state index in [0.29, 0.717) is 32.5 Å². The van der Waals surface area contributed by atoms with Crippen molar-refractivity contribution >= 4 is 11.8 Å². The molecule has 0 aromatic carbocycles. The maximum atomic E-state index is 12.4. The molecule has 126 valence electrons. The number of aromatic amines is 1. The third-order valence-corrected chi connectivity index (χ3v) is 5.07. The van der Waals surface area contributed by atoms with Crippen molar-refractivity contribution in [2.75, 3.05) is 26.2 Å². The van der Waals surface area contributed by atoms with Crippen LogP contribution in [0.15, 0.2) is 0 Å². The van der Waals surface area contributed by atoms with E-state index in [4.69, 9.17) is 4.74 Å². The molecular formula is C16H24N4O3. The highest BCUT2D eigenvalue weighted by Gasteiger charge is 2.39. The molecule has 2 N–H and O–H groups in total. The second-order valence-corrected chi connectivity index (χ2v) is 6.55. The van der Waals surface area contributed by atoms with Crippen LogP contribution < -0.4 is 5.32 Å². The van der Waals surface area contributed by atoms with Gasteiger partial charge in [0.1, 0.15) is 6.61 Å². The third-order valence-electron chi connectivity index (χ3n) is 5.07. The van der Waals surface area contributed by atoms with Gasteiger partial charge in [0.2, 0.25) is 11.8 Å². The van der Waals surface area contributed by atoms with Gasteiger partial charge < -0.3 is 15.0 Å². The van der Waals surface area contributed by atoms with Gasteiger partial charge in [-0.3, -0.25) is 14.7 Å². The maximum Gasteiger partial charge on any atom is 0.246 e. The summed E-state index contributed by atoms with van der Waals surface area (Å²) in [6, 6.07) is 0. The summed E-state index contributed by atoms with van der Waals surface area (Å²) in [4.78, 5) is 25.5. The van der Waals surface area contributed by atoms with Crippen molar-refractivity contribution in [2.24, 2.45) is 0 Å². The number of aryl methyl sites for hydroxylation is 2. The van der Waals surface area contributed by atoms with E-state index in [1.165, 1.54) is 0 Å². The summed E-state index contributed by atoms with van der Waals surface area (Å²) < 4.78 is 5.73. The van der Waals surface area contributed by atoms with Gasteiger partial charge in [-0.1, -0.05) is 0 Å². The summed E-state index contributed by atoms with van der Waals surface area (Å²) in [5.41, 5.74) is 2.90. The Morgan fingerprint density at radius 2 is 2.09 bits per heavy atom. The molecule has 2 amide bonds. The number of rotatable bonds is 3. The lowest BCUT2D eigenvalue weighted by Crippen LogP contribution is -2.58. The first-order valence-corrected chi connectivity index (χ1v) is 8.18. The molecule has 7 nitrogen and oxygen atoms in total. The first-order chi connectivity index (χ1) is 11.0. The summed E-state index contributed by atoms with van der Waals surface area (Å²) in [5, 5.41) is 10.1. The smallest absolute Gasteiger partial charge is 0.246 e. The van der Waals surface area contributed by atoms with Gasteiger partial charge in [0.25, 0.3) is 0 Å². The molecule has 3 heterocycles. The lowest BCUT2D eigenvalue weighted by atomic mass is 9.89. The Morgan fingerprint density at radius 1 is 1.35 bits per heavy atom. The minimum Gasteiger partial charge on any atom is -0.363 e. The molecule has 0 saturated carbocycles. The van der Waals surface area contributed by atoms with Crippen LogP contribution in [0.5, 0.6) is 0 Å². The number of carbonyl (C=O) groups is 2. The van der Waals surface area contributed by atoms with E-state index in [2.05, 4.69) is 15.5 Å². The molecule has 2 aliphatic rings. The minimum atomic E-state index is -0.277. The molecule has 2 saturated heterocycles. The molecule has 0 radical (unpaired) electrons. The Hall–Kier alpha value is -1.89. The molecule has 0 unspecified atom stereocenters. The van der Waals surface area contributed by atoms with Crippen molar-refractivity contribution < 1.29 is 14.3 Å². The van der Waals surface area contributed by atoms with Crippen LogP contribution in [-0.2, 0) is 20.7 Å². The van der Waals surface area contributed by atoms with Crippen LogP contribution in [0.4, 0.5) is 0 Å². The molecular weight excluding hydrogens is 296 g/mol. The van der Waals surface area contributed by atoms with E-state index in [1.54, 1.807) is 0 Å². The van der Waals surface area contributed by atoms with E-state index in [-0.39, 0.29) is 24.0 Å². The van der Waals surface area contributed by atoms with Gasteiger partial charge in [0, 0.05) is 38.2 Å². The monoisotopic (exact) mass is 320 g/mol. The highest BCUT2D eigenvalue weighted by atomic mass is 16.5. The average molecular weight is 320 g/mol. The van der Waals surface area contributed by atoms with Gasteiger partial charge in [0.15, 0.2) is 0 Å². The number of piperidine rings is 1. The van der Waals surface area contributed by atoms with E-state index in [9.17, 15) is 9.59 Å². The number of hydrogen-bond acceptors (Lipinski definition) is 4. The van der Waals surface area contributed by atoms with E-state index in [0.717, 1.165) is 29.8 Å². The van der Waals surface area contributed by atoms with Crippen molar-refractivity contribution in [3.63, 3.8) is 0 Å². The van der Waals surface area contributed by atoms with Crippen LogP contribution in [0.25, 0.3) is 0 Å².